The van der Waals surface area contributed by atoms with E-state index in [0.29, 0.717) is 11.5 Å². The van der Waals surface area contributed by atoms with Crippen LogP contribution in [-0.2, 0) is 0 Å². The molecule has 1 heteroatoms. The molecule has 0 amide bonds. The van der Waals surface area contributed by atoms with E-state index in [-0.39, 0.29) is 0 Å². The van der Waals surface area contributed by atoms with Gasteiger partial charge in [-0.05, 0) is 37.5 Å². The van der Waals surface area contributed by atoms with E-state index >= 15 is 0 Å². The Morgan fingerprint density at radius 1 is 1.25 bits per heavy atom. The minimum Gasteiger partial charge on any atom is -0.327 e. The van der Waals surface area contributed by atoms with Gasteiger partial charge in [0.05, 0.1) is 0 Å². The molecule has 0 heterocycles. The van der Waals surface area contributed by atoms with Crippen molar-refractivity contribution in [2.45, 2.75) is 57.9 Å². The van der Waals surface area contributed by atoms with Gasteiger partial charge in [-0.1, -0.05) is 25.7 Å². The van der Waals surface area contributed by atoms with Crippen molar-refractivity contribution in [3.05, 3.63) is 0 Å². The first-order valence-electron chi connectivity index (χ1n) is 5.48. The lowest BCUT2D eigenvalue weighted by Gasteiger charge is -2.47. The van der Waals surface area contributed by atoms with E-state index in [1.807, 2.05) is 0 Å². The third kappa shape index (κ3) is 1.28. The van der Waals surface area contributed by atoms with E-state index in [1.165, 1.54) is 44.9 Å². The van der Waals surface area contributed by atoms with E-state index < -0.39 is 0 Å². The van der Waals surface area contributed by atoms with E-state index in [1.54, 1.807) is 0 Å². The van der Waals surface area contributed by atoms with Gasteiger partial charge in [-0.3, -0.25) is 0 Å². The molecule has 1 unspecified atom stereocenters. The molecule has 70 valence electrons. The Labute approximate surface area is 75.7 Å². The molecule has 0 aliphatic heterocycles. The van der Waals surface area contributed by atoms with Gasteiger partial charge in [0.25, 0.3) is 0 Å². The summed E-state index contributed by atoms with van der Waals surface area (Å²) in [7, 11) is 0. The Bertz CT molecular complexity index is 152. The summed E-state index contributed by atoms with van der Waals surface area (Å²) in [6, 6.07) is 0.431. The van der Waals surface area contributed by atoms with Crippen LogP contribution >= 0.6 is 0 Å². The molecule has 1 atom stereocenters. The normalized spacial score (nSPS) is 44.0. The lowest BCUT2D eigenvalue weighted by atomic mass is 9.59. The van der Waals surface area contributed by atoms with Crippen LogP contribution < -0.4 is 5.73 Å². The summed E-state index contributed by atoms with van der Waals surface area (Å²) in [4.78, 5) is 0. The highest BCUT2D eigenvalue weighted by atomic mass is 14.7. The molecule has 2 aliphatic carbocycles. The van der Waals surface area contributed by atoms with E-state index in [0.717, 1.165) is 5.92 Å². The van der Waals surface area contributed by atoms with Gasteiger partial charge >= 0.3 is 0 Å². The fourth-order valence-corrected chi connectivity index (χ4v) is 3.38. The SMILES string of the molecule is CC(N)C12CCCC(CCC1)C2. The second kappa shape index (κ2) is 3.02. The Morgan fingerprint density at radius 2 is 1.83 bits per heavy atom. The van der Waals surface area contributed by atoms with Gasteiger partial charge in [-0.15, -0.1) is 0 Å². The first-order valence-corrected chi connectivity index (χ1v) is 5.48. The average molecular weight is 167 g/mol. The van der Waals surface area contributed by atoms with Crippen LogP contribution in [0, 0.1) is 11.3 Å². The summed E-state index contributed by atoms with van der Waals surface area (Å²) in [6.07, 6.45) is 10.1. The highest BCUT2D eigenvalue weighted by Crippen LogP contribution is 2.50. The van der Waals surface area contributed by atoms with E-state index in [9.17, 15) is 0 Å². The molecule has 2 saturated carbocycles. The van der Waals surface area contributed by atoms with Crippen LogP contribution in [0.4, 0.5) is 0 Å². The quantitative estimate of drug-likeness (QED) is 0.638. The first kappa shape index (κ1) is 8.55. The Kier molecular flexibility index (Phi) is 2.16. The highest BCUT2D eigenvalue weighted by Gasteiger charge is 2.41. The average Bonchev–Trinajstić information content (AvgIpc) is 2.04. The van der Waals surface area contributed by atoms with Crippen molar-refractivity contribution in [1.29, 1.82) is 0 Å². The molecule has 2 aliphatic rings. The first-order chi connectivity index (χ1) is 5.73. The van der Waals surface area contributed by atoms with Crippen LogP contribution in [-0.4, -0.2) is 6.04 Å². The second-order valence-electron chi connectivity index (χ2n) is 5.01. The summed E-state index contributed by atoms with van der Waals surface area (Å²) < 4.78 is 0. The third-order valence-corrected chi connectivity index (χ3v) is 4.24. The van der Waals surface area contributed by atoms with Gasteiger partial charge in [0.2, 0.25) is 0 Å². The van der Waals surface area contributed by atoms with Gasteiger partial charge in [0.1, 0.15) is 0 Å². The smallest absolute Gasteiger partial charge is 0.00671 e. The molecule has 12 heavy (non-hydrogen) atoms. The van der Waals surface area contributed by atoms with Crippen LogP contribution in [0.15, 0.2) is 0 Å². The highest BCUT2D eigenvalue weighted by molar-refractivity contribution is 4.95. The predicted molar refractivity (Wildman–Crippen MR) is 51.9 cm³/mol. The van der Waals surface area contributed by atoms with Crippen LogP contribution in [0.1, 0.15) is 51.9 Å². The van der Waals surface area contributed by atoms with Gasteiger partial charge in [-0.2, -0.15) is 0 Å². The van der Waals surface area contributed by atoms with Crippen molar-refractivity contribution >= 4 is 0 Å². The van der Waals surface area contributed by atoms with Crippen LogP contribution in [0.5, 0.6) is 0 Å². The molecule has 0 aromatic rings. The fourth-order valence-electron chi connectivity index (χ4n) is 3.38. The summed E-state index contributed by atoms with van der Waals surface area (Å²) in [6.45, 7) is 2.22. The van der Waals surface area contributed by atoms with Crippen molar-refractivity contribution in [3.63, 3.8) is 0 Å². The predicted octanol–water partition coefficient (Wildman–Crippen LogP) is 2.69. The number of hydrogen-bond acceptors (Lipinski definition) is 1. The van der Waals surface area contributed by atoms with Crippen molar-refractivity contribution in [1.82, 2.24) is 0 Å². The number of nitrogens with two attached hydrogens (primary N) is 1. The molecule has 2 fully saturated rings. The third-order valence-electron chi connectivity index (χ3n) is 4.24. The van der Waals surface area contributed by atoms with Gasteiger partial charge in [-0.25, -0.2) is 0 Å². The number of rotatable bonds is 1. The molecule has 2 rings (SSSR count). The molecular weight excluding hydrogens is 146 g/mol. The second-order valence-corrected chi connectivity index (χ2v) is 5.01. The minimum atomic E-state index is 0.431. The Hall–Kier alpha value is -0.0400. The molecule has 1 nitrogen and oxygen atoms in total. The molecular formula is C11H21N. The molecule has 0 aromatic carbocycles. The molecule has 0 radical (unpaired) electrons. The largest absolute Gasteiger partial charge is 0.327 e. The summed E-state index contributed by atoms with van der Waals surface area (Å²) in [5.41, 5.74) is 6.67. The lowest BCUT2D eigenvalue weighted by Crippen LogP contribution is -2.45. The Morgan fingerprint density at radius 3 is 2.25 bits per heavy atom. The van der Waals surface area contributed by atoms with Gasteiger partial charge < -0.3 is 5.73 Å². The number of fused-ring (bicyclic) bond motifs is 2. The zero-order valence-corrected chi connectivity index (χ0v) is 8.18. The fraction of sp³-hybridized carbons (Fsp3) is 1.00. The monoisotopic (exact) mass is 167 g/mol. The molecule has 0 saturated heterocycles. The van der Waals surface area contributed by atoms with Crippen molar-refractivity contribution in [2.24, 2.45) is 17.1 Å². The standard InChI is InChI=1S/C11H21N/c1-9(12)11-6-2-4-10(8-11)5-3-7-11/h9-10H,2-8,12H2,1H3. The molecule has 2 bridgehead atoms. The van der Waals surface area contributed by atoms with Crippen LogP contribution in [0.2, 0.25) is 0 Å². The topological polar surface area (TPSA) is 26.0 Å². The Balaban J connectivity index is 2.12. The zero-order valence-electron chi connectivity index (χ0n) is 8.18. The lowest BCUT2D eigenvalue weighted by molar-refractivity contribution is 0.0565. The maximum atomic E-state index is 6.11. The summed E-state index contributed by atoms with van der Waals surface area (Å²) >= 11 is 0. The maximum Gasteiger partial charge on any atom is 0.00671 e. The summed E-state index contributed by atoms with van der Waals surface area (Å²) in [5.74, 6) is 1.03. The molecule has 0 spiro atoms. The molecule has 2 N–H and O–H groups in total. The van der Waals surface area contributed by atoms with Crippen LogP contribution in [0.25, 0.3) is 0 Å². The van der Waals surface area contributed by atoms with Crippen molar-refractivity contribution < 1.29 is 0 Å². The van der Waals surface area contributed by atoms with Gasteiger partial charge in [0, 0.05) is 6.04 Å². The summed E-state index contributed by atoms with van der Waals surface area (Å²) in [5, 5.41) is 0. The zero-order chi connectivity index (χ0) is 8.60. The van der Waals surface area contributed by atoms with Gasteiger partial charge in [0.15, 0.2) is 0 Å². The van der Waals surface area contributed by atoms with E-state index in [4.69, 9.17) is 5.73 Å². The van der Waals surface area contributed by atoms with Crippen molar-refractivity contribution in [3.8, 4) is 0 Å². The van der Waals surface area contributed by atoms with Crippen molar-refractivity contribution in [2.75, 3.05) is 0 Å². The van der Waals surface area contributed by atoms with Crippen LogP contribution in [0.3, 0.4) is 0 Å². The minimum absolute atomic E-state index is 0.431. The number of hydrogen-bond donors (Lipinski definition) is 1. The molecule has 0 aromatic heterocycles. The van der Waals surface area contributed by atoms with E-state index in [2.05, 4.69) is 6.92 Å². The maximum absolute atomic E-state index is 6.11.